The van der Waals surface area contributed by atoms with Gasteiger partial charge in [-0.05, 0) is 58.9 Å². The Morgan fingerprint density at radius 3 is 2.65 bits per heavy atom. The number of fused-ring (bicyclic) bond motifs is 8. The van der Waals surface area contributed by atoms with Crippen molar-refractivity contribution in [3.63, 3.8) is 0 Å². The zero-order valence-electron chi connectivity index (χ0n) is 23.1. The van der Waals surface area contributed by atoms with Crippen molar-refractivity contribution in [3.8, 4) is 11.1 Å². The quantitative estimate of drug-likeness (QED) is 0.170. The normalized spacial score (nSPS) is 17.1. The van der Waals surface area contributed by atoms with Crippen LogP contribution in [0.5, 0.6) is 0 Å². The van der Waals surface area contributed by atoms with Gasteiger partial charge in [0.1, 0.15) is 0 Å². The smallest absolute Gasteiger partial charge is 0.0866 e. The van der Waals surface area contributed by atoms with Gasteiger partial charge in [-0.15, -0.1) is 6.58 Å². The molecule has 1 atom stereocenters. The fourth-order valence-electron chi connectivity index (χ4n) is 6.77. The highest BCUT2D eigenvalue weighted by Gasteiger charge is 2.38. The summed E-state index contributed by atoms with van der Waals surface area (Å²) in [6.07, 6.45) is 16.4. The molecule has 0 bridgehead atoms. The molecule has 2 aliphatic rings. The molecule has 40 heavy (non-hydrogen) atoms. The molecule has 0 radical (unpaired) electrons. The minimum Gasteiger partial charge on any atom is -0.331 e. The van der Waals surface area contributed by atoms with Gasteiger partial charge in [-0.1, -0.05) is 98.8 Å². The van der Waals surface area contributed by atoms with Crippen molar-refractivity contribution in [2.75, 3.05) is 6.54 Å². The van der Waals surface area contributed by atoms with E-state index < -0.39 is 0 Å². The van der Waals surface area contributed by atoms with Gasteiger partial charge in [0.15, 0.2) is 0 Å². The van der Waals surface area contributed by atoms with Crippen LogP contribution in [0.4, 0.5) is 0 Å². The molecule has 3 aromatic carbocycles. The molecule has 1 aliphatic heterocycles. The van der Waals surface area contributed by atoms with Crippen LogP contribution in [0.3, 0.4) is 0 Å². The third kappa shape index (κ3) is 3.72. The number of nitrogens with zero attached hydrogens (tertiary/aromatic N) is 3. The van der Waals surface area contributed by atoms with E-state index in [1.165, 1.54) is 49.6 Å². The highest BCUT2D eigenvalue weighted by atomic mass is 15.0. The van der Waals surface area contributed by atoms with Gasteiger partial charge in [0.05, 0.1) is 28.8 Å². The molecular weight excluding hydrogens is 486 g/mol. The number of hydrogen-bond donors (Lipinski definition) is 0. The molecule has 5 aromatic rings. The van der Waals surface area contributed by atoms with E-state index in [0.717, 1.165) is 23.5 Å². The van der Waals surface area contributed by atoms with Gasteiger partial charge in [-0.2, -0.15) is 0 Å². The van der Waals surface area contributed by atoms with Crippen LogP contribution in [-0.4, -0.2) is 16.1 Å². The minimum absolute atomic E-state index is 0.0843. The topological polar surface area (TPSA) is 30.2 Å². The first-order valence-corrected chi connectivity index (χ1v) is 14.2. The second kappa shape index (κ2) is 9.60. The number of allylic oxidation sites excluding steroid dienone is 5. The van der Waals surface area contributed by atoms with E-state index in [9.17, 15) is 0 Å². The number of rotatable bonds is 6. The first-order valence-electron chi connectivity index (χ1n) is 14.2. The lowest BCUT2D eigenvalue weighted by Gasteiger charge is -2.26. The highest BCUT2D eigenvalue weighted by molar-refractivity contribution is 6.12. The van der Waals surface area contributed by atoms with Gasteiger partial charge in [0.2, 0.25) is 0 Å². The van der Waals surface area contributed by atoms with Crippen LogP contribution in [0.1, 0.15) is 43.0 Å². The van der Waals surface area contributed by atoms with Crippen LogP contribution in [0.15, 0.2) is 115 Å². The molecule has 0 N–H and O–H groups in total. The highest BCUT2D eigenvalue weighted by Crippen LogP contribution is 2.52. The molecule has 0 saturated carbocycles. The van der Waals surface area contributed by atoms with E-state index in [4.69, 9.17) is 9.98 Å². The first kappa shape index (κ1) is 24.5. The Labute approximate surface area is 235 Å². The van der Waals surface area contributed by atoms with Crippen molar-refractivity contribution in [1.82, 2.24) is 9.55 Å². The molecule has 1 aliphatic carbocycles. The standard InChI is InChI=1S/C37H33N3/c1-4-5-6-7-8-9-14-25-21-22-38-32-23-26(24-39-35(25)32)40-33-18-13-11-16-28(33)30-20-19-29-27-15-10-12-17-31(27)37(2,3)34(29)36(30)40/h4,6-13,15-23,26H,1,5,14,24H2,2-3H3/b7-6-,9-8-. The van der Waals surface area contributed by atoms with Crippen molar-refractivity contribution in [3.05, 3.63) is 137 Å². The third-order valence-electron chi connectivity index (χ3n) is 8.57. The average molecular weight is 520 g/mol. The number of benzene rings is 3. The molecule has 3 heterocycles. The summed E-state index contributed by atoms with van der Waals surface area (Å²) in [6.45, 7) is 9.20. The minimum atomic E-state index is -0.0981. The van der Waals surface area contributed by atoms with Gasteiger partial charge < -0.3 is 4.57 Å². The summed E-state index contributed by atoms with van der Waals surface area (Å²) < 4.78 is 2.54. The van der Waals surface area contributed by atoms with Crippen molar-refractivity contribution in [1.29, 1.82) is 0 Å². The van der Waals surface area contributed by atoms with E-state index in [-0.39, 0.29) is 11.5 Å². The zero-order chi connectivity index (χ0) is 27.3. The van der Waals surface area contributed by atoms with E-state index >= 15 is 0 Å². The Hall–Kier alpha value is -4.50. The van der Waals surface area contributed by atoms with Crippen LogP contribution in [0.2, 0.25) is 0 Å². The van der Waals surface area contributed by atoms with Crippen LogP contribution in [0, 0.1) is 0 Å². The number of pyridine rings is 1. The Kier molecular flexibility index (Phi) is 5.89. The Morgan fingerprint density at radius 2 is 1.75 bits per heavy atom. The van der Waals surface area contributed by atoms with Gasteiger partial charge >= 0.3 is 0 Å². The Bertz CT molecular complexity index is 1980. The second-order valence-corrected chi connectivity index (χ2v) is 11.3. The third-order valence-corrected chi connectivity index (χ3v) is 8.57. The second-order valence-electron chi connectivity index (χ2n) is 11.3. The van der Waals surface area contributed by atoms with Gasteiger partial charge in [0.25, 0.3) is 0 Å². The Morgan fingerprint density at radius 1 is 0.925 bits per heavy atom. The molecule has 2 aromatic heterocycles. The number of hydrogen-bond acceptors (Lipinski definition) is 2. The molecule has 1 unspecified atom stereocenters. The van der Waals surface area contributed by atoms with Crippen molar-refractivity contribution < 1.29 is 0 Å². The fourth-order valence-corrected chi connectivity index (χ4v) is 6.77. The summed E-state index contributed by atoms with van der Waals surface area (Å²) in [5, 5.41) is 4.61. The first-order chi connectivity index (χ1) is 19.6. The van der Waals surface area contributed by atoms with Crippen LogP contribution >= 0.6 is 0 Å². The maximum absolute atomic E-state index is 5.16. The Balaban J connectivity index is 1.40. The molecule has 3 heteroatoms. The van der Waals surface area contributed by atoms with Gasteiger partial charge in [0, 0.05) is 27.9 Å². The van der Waals surface area contributed by atoms with E-state index in [0.29, 0.717) is 6.54 Å². The van der Waals surface area contributed by atoms with E-state index in [1.54, 1.807) is 0 Å². The van der Waals surface area contributed by atoms with Crippen LogP contribution in [-0.2, 0) is 11.8 Å². The molecule has 196 valence electrons. The monoisotopic (exact) mass is 519 g/mol. The summed E-state index contributed by atoms with van der Waals surface area (Å²) in [5.41, 5.74) is 9.20. The van der Waals surface area contributed by atoms with Crippen molar-refractivity contribution in [2.24, 2.45) is 4.99 Å². The molecule has 0 fully saturated rings. The molecule has 7 rings (SSSR count). The number of aromatic nitrogens is 2. The zero-order valence-corrected chi connectivity index (χ0v) is 23.1. The van der Waals surface area contributed by atoms with E-state index in [1.807, 2.05) is 12.3 Å². The molecule has 3 nitrogen and oxygen atoms in total. The summed E-state index contributed by atoms with van der Waals surface area (Å²) in [7, 11) is 0. The van der Waals surface area contributed by atoms with Gasteiger partial charge in [-0.25, -0.2) is 0 Å². The summed E-state index contributed by atoms with van der Waals surface area (Å²) in [6, 6.07) is 24.6. The summed E-state index contributed by atoms with van der Waals surface area (Å²) in [4.78, 5) is 9.95. The predicted octanol–water partition coefficient (Wildman–Crippen LogP) is 7.38. The molecule has 0 spiro atoms. The van der Waals surface area contributed by atoms with Crippen molar-refractivity contribution >= 4 is 27.9 Å². The van der Waals surface area contributed by atoms with Crippen molar-refractivity contribution in [2.45, 2.75) is 38.1 Å². The van der Waals surface area contributed by atoms with Crippen LogP contribution in [0.25, 0.3) is 39.0 Å². The maximum Gasteiger partial charge on any atom is 0.0866 e. The number of para-hydroxylation sites is 1. The lowest BCUT2D eigenvalue weighted by atomic mass is 9.81. The lowest BCUT2D eigenvalue weighted by Crippen LogP contribution is -2.37. The fraction of sp³-hybridized carbons (Fsp3) is 0.189. The SMILES string of the molecule is C=CC/C=C\C=C/Cc1ccnc2c1=NCC(n1c3ccccc3c3ccc4c(c31)C(C)(C)c1ccccc1-4)C=2. The molecule has 0 amide bonds. The lowest BCUT2D eigenvalue weighted by molar-refractivity contribution is 0.636. The average Bonchev–Trinajstić information content (AvgIpc) is 3.44. The maximum atomic E-state index is 5.16. The van der Waals surface area contributed by atoms with Gasteiger partial charge in [-0.3, -0.25) is 9.98 Å². The summed E-state index contributed by atoms with van der Waals surface area (Å²) in [5.74, 6) is 0. The predicted molar refractivity (Wildman–Crippen MR) is 167 cm³/mol. The summed E-state index contributed by atoms with van der Waals surface area (Å²) >= 11 is 0. The molecule has 0 saturated heterocycles. The van der Waals surface area contributed by atoms with Crippen LogP contribution < -0.4 is 10.7 Å². The van der Waals surface area contributed by atoms with E-state index in [2.05, 4.69) is 122 Å². The molecular formula is C37H33N3. The largest absolute Gasteiger partial charge is 0.331 e.